The normalized spacial score (nSPS) is 11.3. The minimum Gasteiger partial charge on any atom is -0.497 e. The second kappa shape index (κ2) is 12.9. The first-order valence-electron chi connectivity index (χ1n) is 12.5. The molecule has 7 heteroatoms. The van der Waals surface area contributed by atoms with Crippen LogP contribution < -0.4 is 27.8 Å². The number of rotatable bonds is 12. The Morgan fingerprint density at radius 1 is 0.459 bits per heavy atom. The molecule has 0 aromatic heterocycles. The Kier molecular flexibility index (Phi) is 9.93. The van der Waals surface area contributed by atoms with Gasteiger partial charge in [-0.25, -0.2) is 0 Å². The highest BCUT2D eigenvalue weighted by atomic mass is 31.2. The second-order valence-corrected chi connectivity index (χ2v) is 10.7. The van der Waals surface area contributed by atoms with Crippen LogP contribution in [0.3, 0.4) is 0 Å². The summed E-state index contributed by atoms with van der Waals surface area (Å²) in [6, 6.07) is 17.4. The summed E-state index contributed by atoms with van der Waals surface area (Å²) in [6.07, 6.45) is 0. The van der Waals surface area contributed by atoms with Gasteiger partial charge in [0.15, 0.2) is 0 Å². The lowest BCUT2D eigenvalue weighted by atomic mass is 10.0. The highest BCUT2D eigenvalue weighted by Gasteiger charge is 2.26. The molecule has 0 radical (unpaired) electrons. The van der Waals surface area contributed by atoms with Gasteiger partial charge in [0.1, 0.15) is 34.5 Å². The summed E-state index contributed by atoms with van der Waals surface area (Å²) in [5.41, 5.74) is 3.03. The van der Waals surface area contributed by atoms with Crippen LogP contribution in [0.5, 0.6) is 34.5 Å². The zero-order valence-corrected chi connectivity index (χ0v) is 24.2. The Hall–Kier alpha value is -3.11. The molecule has 37 heavy (non-hydrogen) atoms. The van der Waals surface area contributed by atoms with Crippen LogP contribution in [0.2, 0.25) is 0 Å². The third-order valence-electron chi connectivity index (χ3n) is 6.04. The average Bonchev–Trinajstić information content (AvgIpc) is 2.88. The Bertz CT molecular complexity index is 1030. The smallest absolute Gasteiger partial charge is 0.497 e. The monoisotopic (exact) mass is 526 g/mol. The average molecular weight is 527 g/mol. The van der Waals surface area contributed by atoms with Crippen LogP contribution in [0.1, 0.15) is 76.0 Å². The van der Waals surface area contributed by atoms with Crippen LogP contribution in [-0.2, 0) is 0 Å². The molecule has 0 amide bonds. The number of methoxy groups -OCH3 is 3. The van der Waals surface area contributed by atoms with Crippen molar-refractivity contribution >= 4 is 8.60 Å². The van der Waals surface area contributed by atoms with Crippen LogP contribution in [0.25, 0.3) is 0 Å². The maximum atomic E-state index is 6.50. The minimum absolute atomic E-state index is 0.210. The van der Waals surface area contributed by atoms with Gasteiger partial charge in [-0.3, -0.25) is 0 Å². The SMILES string of the molecule is COc1ccc(OP(Oc2ccc(OC)cc2C(C)C)Oc2ccc(OC)cc2C(C)C)c(C(C)C)c1. The molecule has 0 heterocycles. The lowest BCUT2D eigenvalue weighted by Gasteiger charge is -2.24. The number of hydrogen-bond acceptors (Lipinski definition) is 6. The number of hydrogen-bond donors (Lipinski definition) is 0. The van der Waals surface area contributed by atoms with Crippen molar-refractivity contribution in [2.45, 2.75) is 59.3 Å². The van der Waals surface area contributed by atoms with Gasteiger partial charge in [0.05, 0.1) is 21.3 Å². The van der Waals surface area contributed by atoms with Crippen molar-refractivity contribution in [2.24, 2.45) is 0 Å². The first kappa shape index (κ1) is 28.5. The van der Waals surface area contributed by atoms with Crippen LogP contribution in [-0.4, -0.2) is 21.3 Å². The van der Waals surface area contributed by atoms with Crippen molar-refractivity contribution in [1.29, 1.82) is 0 Å². The van der Waals surface area contributed by atoms with Gasteiger partial charge in [0, 0.05) is 16.7 Å². The highest BCUT2D eigenvalue weighted by Crippen LogP contribution is 2.48. The van der Waals surface area contributed by atoms with Gasteiger partial charge in [-0.15, -0.1) is 0 Å². The molecule has 3 aromatic rings. The summed E-state index contributed by atoms with van der Waals surface area (Å²) in [5.74, 6) is 5.04. The fourth-order valence-electron chi connectivity index (χ4n) is 3.86. The molecule has 200 valence electrons. The zero-order chi connectivity index (χ0) is 27.1. The lowest BCUT2D eigenvalue weighted by Crippen LogP contribution is -2.07. The van der Waals surface area contributed by atoms with Gasteiger partial charge in [0.2, 0.25) is 0 Å². The predicted molar refractivity (Wildman–Crippen MR) is 150 cm³/mol. The van der Waals surface area contributed by atoms with Crippen molar-refractivity contribution in [3.63, 3.8) is 0 Å². The molecule has 0 N–H and O–H groups in total. The van der Waals surface area contributed by atoms with Gasteiger partial charge >= 0.3 is 8.60 Å². The lowest BCUT2D eigenvalue weighted by molar-refractivity contribution is 0.376. The summed E-state index contributed by atoms with van der Waals surface area (Å²) in [6.45, 7) is 12.7. The maximum absolute atomic E-state index is 6.50. The number of benzene rings is 3. The summed E-state index contributed by atoms with van der Waals surface area (Å²) >= 11 is 0. The molecule has 0 aliphatic rings. The molecule has 0 spiro atoms. The van der Waals surface area contributed by atoms with Crippen LogP contribution in [0.15, 0.2) is 54.6 Å². The zero-order valence-electron chi connectivity index (χ0n) is 23.3. The van der Waals surface area contributed by atoms with Crippen LogP contribution in [0.4, 0.5) is 0 Å². The molecule has 0 saturated carbocycles. The first-order chi connectivity index (χ1) is 17.7. The molecule has 3 aromatic carbocycles. The molecule has 0 aliphatic heterocycles. The molecule has 3 rings (SSSR count). The second-order valence-electron chi connectivity index (χ2n) is 9.67. The van der Waals surface area contributed by atoms with E-state index < -0.39 is 8.60 Å². The summed E-state index contributed by atoms with van der Waals surface area (Å²) < 4.78 is 35.8. The third kappa shape index (κ3) is 7.23. The molecule has 0 atom stereocenters. The molecule has 0 saturated heterocycles. The van der Waals surface area contributed by atoms with E-state index in [4.69, 9.17) is 27.8 Å². The molecule has 0 unspecified atom stereocenters. The fourth-order valence-corrected chi connectivity index (χ4v) is 4.95. The summed E-state index contributed by atoms with van der Waals surface area (Å²) in [5, 5.41) is 0. The molecular formula is C30H39O6P. The van der Waals surface area contributed by atoms with Gasteiger partial charge in [0.25, 0.3) is 0 Å². The standard InChI is InChI=1S/C30H39O6P/c1-19(2)25-16-22(31-7)10-13-28(25)34-37(35-29-14-11-23(32-8)17-26(29)20(3)4)36-30-15-12-24(33-9)18-27(30)21(5)6/h10-21H,1-9H3. The van der Waals surface area contributed by atoms with Crippen molar-refractivity contribution in [3.05, 3.63) is 71.3 Å². The predicted octanol–water partition coefficient (Wildman–Crippen LogP) is 8.85. The van der Waals surface area contributed by atoms with Crippen LogP contribution in [0, 0.1) is 0 Å². The van der Waals surface area contributed by atoms with Crippen LogP contribution >= 0.6 is 8.60 Å². The topological polar surface area (TPSA) is 55.4 Å². The van der Waals surface area contributed by atoms with E-state index in [1.165, 1.54) is 0 Å². The molecule has 0 fully saturated rings. The Morgan fingerprint density at radius 3 is 0.946 bits per heavy atom. The van der Waals surface area contributed by atoms with E-state index in [0.717, 1.165) is 33.9 Å². The summed E-state index contributed by atoms with van der Waals surface area (Å²) in [7, 11) is 3.10. The van der Waals surface area contributed by atoms with E-state index in [0.29, 0.717) is 17.2 Å². The minimum atomic E-state index is -1.88. The van der Waals surface area contributed by atoms with E-state index in [2.05, 4.69) is 41.5 Å². The molecule has 0 aliphatic carbocycles. The van der Waals surface area contributed by atoms with E-state index in [9.17, 15) is 0 Å². The van der Waals surface area contributed by atoms with E-state index >= 15 is 0 Å². The molecular weight excluding hydrogens is 487 g/mol. The van der Waals surface area contributed by atoms with Crippen molar-refractivity contribution in [1.82, 2.24) is 0 Å². The van der Waals surface area contributed by atoms with Crippen molar-refractivity contribution in [2.75, 3.05) is 21.3 Å². The van der Waals surface area contributed by atoms with Gasteiger partial charge < -0.3 is 27.8 Å². The van der Waals surface area contributed by atoms with Crippen molar-refractivity contribution < 1.29 is 27.8 Å². The van der Waals surface area contributed by atoms with E-state index in [1.807, 2.05) is 54.6 Å². The molecule has 0 bridgehead atoms. The molecule has 6 nitrogen and oxygen atoms in total. The third-order valence-corrected chi connectivity index (χ3v) is 7.07. The van der Waals surface area contributed by atoms with E-state index in [1.54, 1.807) is 21.3 Å². The Balaban J connectivity index is 2.05. The largest absolute Gasteiger partial charge is 0.530 e. The van der Waals surface area contributed by atoms with Crippen molar-refractivity contribution in [3.8, 4) is 34.5 Å². The van der Waals surface area contributed by atoms with Gasteiger partial charge in [-0.2, -0.15) is 0 Å². The quantitative estimate of drug-likeness (QED) is 0.220. The first-order valence-corrected chi connectivity index (χ1v) is 13.6. The highest BCUT2D eigenvalue weighted by molar-refractivity contribution is 7.43. The van der Waals surface area contributed by atoms with Gasteiger partial charge in [-0.05, 0) is 72.4 Å². The number of ether oxygens (including phenoxy) is 3. The Labute approximate surface area is 222 Å². The fraction of sp³-hybridized carbons (Fsp3) is 0.400. The summed E-state index contributed by atoms with van der Waals surface area (Å²) in [4.78, 5) is 0. The van der Waals surface area contributed by atoms with Gasteiger partial charge in [-0.1, -0.05) is 41.5 Å². The Morgan fingerprint density at radius 2 is 0.730 bits per heavy atom. The van der Waals surface area contributed by atoms with E-state index in [-0.39, 0.29) is 17.8 Å². The maximum Gasteiger partial charge on any atom is 0.530 e.